The molecule has 1 aromatic heterocycles. The van der Waals surface area contributed by atoms with Crippen LogP contribution in [-0.4, -0.2) is 36.3 Å². The molecule has 2 N–H and O–H groups in total. The molecule has 0 saturated heterocycles. The molecular formula is C21H21BrN5OP. The van der Waals surface area contributed by atoms with Gasteiger partial charge in [-0.05, 0) is 64.4 Å². The number of fused-ring (bicyclic) bond motifs is 1. The van der Waals surface area contributed by atoms with Gasteiger partial charge in [-0.2, -0.15) is 4.98 Å². The molecule has 8 heteroatoms. The molecule has 0 fully saturated rings. The second-order valence-electron chi connectivity index (χ2n) is 7.02. The molecule has 0 bridgehead atoms. The summed E-state index contributed by atoms with van der Waals surface area (Å²) in [6.07, 6.45) is 2.15. The molecule has 1 aliphatic heterocycles. The molecule has 0 atom stereocenters. The van der Waals surface area contributed by atoms with Crippen LogP contribution in [0.25, 0.3) is 0 Å². The van der Waals surface area contributed by atoms with Gasteiger partial charge in [0.2, 0.25) is 11.9 Å². The molecule has 3 aromatic rings. The van der Waals surface area contributed by atoms with E-state index in [1.165, 1.54) is 5.30 Å². The maximum absolute atomic E-state index is 11.9. The monoisotopic (exact) mass is 469 g/mol. The highest BCUT2D eigenvalue weighted by Crippen LogP contribution is 2.33. The number of rotatable bonds is 5. The first-order valence-corrected chi connectivity index (χ1v) is 12.2. The number of carbonyl (C=O) groups is 1. The van der Waals surface area contributed by atoms with E-state index in [2.05, 4.69) is 68.1 Å². The molecule has 148 valence electrons. The van der Waals surface area contributed by atoms with E-state index in [4.69, 9.17) is 0 Å². The number of para-hydroxylation sites is 1. The molecule has 6 nitrogen and oxygen atoms in total. The van der Waals surface area contributed by atoms with Crippen LogP contribution in [0.4, 0.5) is 28.8 Å². The van der Waals surface area contributed by atoms with E-state index in [0.29, 0.717) is 18.2 Å². The summed E-state index contributed by atoms with van der Waals surface area (Å²) >= 11 is 3.54. The van der Waals surface area contributed by atoms with Crippen LogP contribution in [0.1, 0.15) is 5.56 Å². The first kappa shape index (κ1) is 19.8. The van der Waals surface area contributed by atoms with Gasteiger partial charge in [0.1, 0.15) is 5.82 Å². The van der Waals surface area contributed by atoms with Crippen molar-refractivity contribution >= 4 is 63.9 Å². The number of hydrogen-bond donors (Lipinski definition) is 2. The third-order valence-corrected chi connectivity index (χ3v) is 6.73. The van der Waals surface area contributed by atoms with Crippen molar-refractivity contribution in [3.63, 3.8) is 0 Å². The van der Waals surface area contributed by atoms with Crippen molar-refractivity contribution in [1.29, 1.82) is 0 Å². The van der Waals surface area contributed by atoms with Gasteiger partial charge < -0.3 is 15.5 Å². The highest BCUT2D eigenvalue weighted by Gasteiger charge is 2.24. The van der Waals surface area contributed by atoms with E-state index in [9.17, 15) is 4.79 Å². The molecule has 1 aliphatic rings. The van der Waals surface area contributed by atoms with Gasteiger partial charge in [0.05, 0.1) is 10.9 Å². The molecule has 1 amide bonds. The van der Waals surface area contributed by atoms with E-state index >= 15 is 0 Å². The predicted octanol–water partition coefficient (Wildman–Crippen LogP) is 4.61. The smallest absolute Gasteiger partial charge is 0.231 e. The first-order chi connectivity index (χ1) is 13.9. The summed E-state index contributed by atoms with van der Waals surface area (Å²) in [4.78, 5) is 22.6. The summed E-state index contributed by atoms with van der Waals surface area (Å²) in [5, 5.41) is 7.96. The van der Waals surface area contributed by atoms with Crippen LogP contribution in [0.5, 0.6) is 0 Å². The van der Waals surface area contributed by atoms with Gasteiger partial charge in [-0.1, -0.05) is 26.1 Å². The number of carbonyl (C=O) groups excluding carboxylic acids is 1. The van der Waals surface area contributed by atoms with Crippen molar-refractivity contribution in [3.05, 3.63) is 58.7 Å². The van der Waals surface area contributed by atoms with Crippen LogP contribution in [0.3, 0.4) is 0 Å². The van der Waals surface area contributed by atoms with Crippen LogP contribution < -0.4 is 20.8 Å². The van der Waals surface area contributed by atoms with Gasteiger partial charge in [-0.3, -0.25) is 4.79 Å². The molecule has 2 heterocycles. The van der Waals surface area contributed by atoms with E-state index in [-0.39, 0.29) is 13.8 Å². The normalized spacial score (nSPS) is 13.0. The van der Waals surface area contributed by atoms with Crippen LogP contribution in [0.15, 0.2) is 53.1 Å². The van der Waals surface area contributed by atoms with Crippen molar-refractivity contribution in [3.8, 4) is 0 Å². The summed E-state index contributed by atoms with van der Waals surface area (Å²) in [6, 6.07) is 14.1. The minimum Gasteiger partial charge on any atom is -0.339 e. The summed E-state index contributed by atoms with van der Waals surface area (Å²) in [6.45, 7) is 4.46. The lowest BCUT2D eigenvalue weighted by molar-refractivity contribution is -0.117. The van der Waals surface area contributed by atoms with Crippen molar-refractivity contribution in [2.75, 3.05) is 35.9 Å². The molecule has 0 unspecified atom stereocenters. The highest BCUT2D eigenvalue weighted by atomic mass is 79.9. The van der Waals surface area contributed by atoms with E-state index in [1.54, 1.807) is 18.1 Å². The van der Waals surface area contributed by atoms with Crippen LogP contribution in [0, 0.1) is 0 Å². The average molecular weight is 470 g/mol. The number of nitrogens with one attached hydrogen (secondary N) is 2. The Hall–Kier alpha value is -2.50. The lowest BCUT2D eigenvalue weighted by atomic mass is 10.1. The number of hydrogen-bond acceptors (Lipinski definition) is 5. The lowest BCUT2D eigenvalue weighted by Gasteiger charge is -2.16. The van der Waals surface area contributed by atoms with Gasteiger partial charge in [0.25, 0.3) is 0 Å². The fraction of sp³-hybridized carbons (Fsp3) is 0.190. The largest absolute Gasteiger partial charge is 0.339 e. The van der Waals surface area contributed by atoms with Crippen LogP contribution >= 0.6 is 23.9 Å². The minimum atomic E-state index is -0.248. The van der Waals surface area contributed by atoms with Crippen LogP contribution in [-0.2, 0) is 11.2 Å². The second kappa shape index (κ2) is 8.09. The summed E-state index contributed by atoms with van der Waals surface area (Å²) in [7, 11) is 1.55. The Bertz CT molecular complexity index is 1090. The maximum atomic E-state index is 11.9. The molecule has 0 radical (unpaired) electrons. The lowest BCUT2D eigenvalue weighted by Crippen LogP contribution is -2.20. The third-order valence-electron chi connectivity index (χ3n) is 4.80. The van der Waals surface area contributed by atoms with Gasteiger partial charge in [0.15, 0.2) is 0 Å². The van der Waals surface area contributed by atoms with Crippen molar-refractivity contribution < 1.29 is 4.79 Å². The van der Waals surface area contributed by atoms with E-state index < -0.39 is 0 Å². The number of aromatic nitrogens is 2. The maximum Gasteiger partial charge on any atom is 0.231 e. The second-order valence-corrected chi connectivity index (χ2v) is 10.1. The predicted molar refractivity (Wildman–Crippen MR) is 125 cm³/mol. The molecule has 4 rings (SSSR count). The molecular weight excluding hydrogens is 449 g/mol. The Labute approximate surface area is 179 Å². The molecule has 2 aromatic carbocycles. The Morgan fingerprint density at radius 2 is 1.93 bits per heavy atom. The van der Waals surface area contributed by atoms with Crippen molar-refractivity contribution in [2.24, 2.45) is 0 Å². The fourth-order valence-corrected chi connectivity index (χ4v) is 4.58. The van der Waals surface area contributed by atoms with Gasteiger partial charge in [0, 0.05) is 30.3 Å². The molecule has 0 saturated carbocycles. The molecule has 0 aliphatic carbocycles. The summed E-state index contributed by atoms with van der Waals surface area (Å²) in [5.41, 5.74) is 3.86. The standard InChI is InChI=1S/C21H21BrN5OP/c1-27-17-9-8-14(10-13(17)11-19(27)28)24-21-23-12-15(22)20(26-21)25-16-6-4-5-7-18(16)29(2)3/h4-10,12H,11H2,1-3H3,(H2,23,24,25,26). The SMILES string of the molecule is CN1C(=O)Cc2cc(Nc3ncc(Br)c(Nc4ccccc4P(C)C)n3)ccc21. The summed E-state index contributed by atoms with van der Waals surface area (Å²) < 4.78 is 0.788. The number of benzene rings is 2. The van der Waals surface area contributed by atoms with E-state index in [0.717, 1.165) is 27.1 Å². The zero-order valence-corrected chi connectivity index (χ0v) is 18.9. The Kier molecular flexibility index (Phi) is 5.52. The van der Waals surface area contributed by atoms with Crippen LogP contribution in [0.2, 0.25) is 0 Å². The topological polar surface area (TPSA) is 70.2 Å². The van der Waals surface area contributed by atoms with Gasteiger partial charge >= 0.3 is 0 Å². The van der Waals surface area contributed by atoms with Crippen molar-refractivity contribution in [2.45, 2.75) is 6.42 Å². The van der Waals surface area contributed by atoms with E-state index in [1.807, 2.05) is 24.3 Å². The zero-order chi connectivity index (χ0) is 20.5. The number of nitrogens with zero attached hydrogens (tertiary/aromatic N) is 3. The fourth-order valence-electron chi connectivity index (χ4n) is 3.29. The number of halogens is 1. The first-order valence-electron chi connectivity index (χ1n) is 9.15. The number of anilines is 5. The van der Waals surface area contributed by atoms with Gasteiger partial charge in [-0.25, -0.2) is 4.98 Å². The highest BCUT2D eigenvalue weighted by molar-refractivity contribution is 9.10. The summed E-state index contributed by atoms with van der Waals surface area (Å²) in [5.74, 6) is 1.29. The zero-order valence-electron chi connectivity index (χ0n) is 16.4. The minimum absolute atomic E-state index is 0.106. The average Bonchev–Trinajstić information content (AvgIpc) is 2.98. The quantitative estimate of drug-likeness (QED) is 0.533. The van der Waals surface area contributed by atoms with Gasteiger partial charge in [-0.15, -0.1) is 0 Å². The number of likely N-dealkylation sites (N-methyl/N-ethyl adjacent to an activating group) is 1. The Morgan fingerprint density at radius 1 is 1.14 bits per heavy atom. The number of amides is 1. The molecule has 29 heavy (non-hydrogen) atoms. The Morgan fingerprint density at radius 3 is 2.72 bits per heavy atom. The molecule has 0 spiro atoms. The Balaban J connectivity index is 1.59. The third kappa shape index (κ3) is 4.11. The van der Waals surface area contributed by atoms with Crippen molar-refractivity contribution in [1.82, 2.24) is 9.97 Å².